The first kappa shape index (κ1) is 26.2. The molecule has 0 aliphatic heterocycles. The molecule has 3 unspecified atom stereocenters. The molecule has 0 aromatic heterocycles. The minimum absolute atomic E-state index is 0.00515. The van der Waals surface area contributed by atoms with Gasteiger partial charge in [-0.05, 0) is 32.2 Å². The summed E-state index contributed by atoms with van der Waals surface area (Å²) in [7, 11) is 0. The van der Waals surface area contributed by atoms with E-state index in [2.05, 4.69) is 16.0 Å². The van der Waals surface area contributed by atoms with Crippen LogP contribution < -0.4 is 33.2 Å². The van der Waals surface area contributed by atoms with Crippen LogP contribution in [0.2, 0.25) is 0 Å². The van der Waals surface area contributed by atoms with Crippen molar-refractivity contribution in [3.8, 4) is 0 Å². The first-order valence-corrected chi connectivity index (χ1v) is 9.07. The summed E-state index contributed by atoms with van der Waals surface area (Å²) < 4.78 is 0. The van der Waals surface area contributed by atoms with Crippen molar-refractivity contribution >= 4 is 29.6 Å². The van der Waals surface area contributed by atoms with Crippen molar-refractivity contribution in [3.63, 3.8) is 0 Å². The molecular formula is C16H30N6O7. The molecule has 4 amide bonds. The molecule has 13 nitrogen and oxygen atoms in total. The Morgan fingerprint density at radius 1 is 0.931 bits per heavy atom. The van der Waals surface area contributed by atoms with Crippen LogP contribution in [0.25, 0.3) is 0 Å². The van der Waals surface area contributed by atoms with E-state index in [1.165, 1.54) is 0 Å². The van der Waals surface area contributed by atoms with Gasteiger partial charge in [-0.15, -0.1) is 0 Å². The Hall–Kier alpha value is -2.77. The summed E-state index contributed by atoms with van der Waals surface area (Å²) in [6, 6.07) is -3.64. The number of amides is 4. The van der Waals surface area contributed by atoms with Crippen molar-refractivity contribution in [2.45, 2.75) is 50.2 Å². The predicted octanol–water partition coefficient (Wildman–Crippen LogP) is -4.13. The van der Waals surface area contributed by atoms with Crippen LogP contribution in [0.5, 0.6) is 0 Å². The van der Waals surface area contributed by atoms with E-state index in [-0.39, 0.29) is 19.3 Å². The second-order valence-electron chi connectivity index (χ2n) is 6.32. The summed E-state index contributed by atoms with van der Waals surface area (Å²) in [6.07, 6.45) is 1.12. The van der Waals surface area contributed by atoms with Crippen molar-refractivity contribution in [3.05, 3.63) is 0 Å². The lowest BCUT2D eigenvalue weighted by Gasteiger charge is -2.20. The van der Waals surface area contributed by atoms with Gasteiger partial charge in [-0.2, -0.15) is 0 Å². The van der Waals surface area contributed by atoms with Crippen LogP contribution in [0.3, 0.4) is 0 Å². The van der Waals surface area contributed by atoms with Gasteiger partial charge < -0.3 is 43.4 Å². The third kappa shape index (κ3) is 11.6. The minimum Gasteiger partial charge on any atom is -0.480 e. The van der Waals surface area contributed by atoms with Gasteiger partial charge in [0.2, 0.25) is 23.6 Å². The highest BCUT2D eigenvalue weighted by Gasteiger charge is 2.26. The van der Waals surface area contributed by atoms with Gasteiger partial charge in [-0.25, -0.2) is 4.79 Å². The summed E-state index contributed by atoms with van der Waals surface area (Å²) in [4.78, 5) is 57.6. The Bertz CT molecular complexity index is 586. The second-order valence-corrected chi connectivity index (χ2v) is 6.32. The highest BCUT2D eigenvalue weighted by molar-refractivity contribution is 5.92. The van der Waals surface area contributed by atoms with E-state index in [0.717, 1.165) is 0 Å². The van der Waals surface area contributed by atoms with Crippen molar-refractivity contribution in [2.75, 3.05) is 19.7 Å². The minimum atomic E-state index is -1.40. The van der Waals surface area contributed by atoms with Gasteiger partial charge in [0.15, 0.2) is 0 Å². The lowest BCUT2D eigenvalue weighted by Crippen LogP contribution is -2.55. The number of aliphatic carboxylic acids is 1. The van der Waals surface area contributed by atoms with E-state index in [9.17, 15) is 29.1 Å². The van der Waals surface area contributed by atoms with Crippen LogP contribution in [-0.4, -0.2) is 77.6 Å². The summed E-state index contributed by atoms with van der Waals surface area (Å²) in [5.74, 6) is -4.26. The third-order valence-electron chi connectivity index (χ3n) is 3.86. The number of unbranched alkanes of at least 4 members (excludes halogenated alkanes) is 1. The molecule has 0 rings (SSSR count). The van der Waals surface area contributed by atoms with E-state index in [0.29, 0.717) is 19.4 Å². The molecule has 0 heterocycles. The molecule has 0 saturated carbocycles. The fourth-order valence-corrected chi connectivity index (χ4v) is 2.19. The number of carboxylic acids is 1. The molecule has 0 saturated heterocycles. The molecule has 11 N–H and O–H groups in total. The van der Waals surface area contributed by atoms with Gasteiger partial charge in [0.1, 0.15) is 12.1 Å². The number of primary amides is 1. The van der Waals surface area contributed by atoms with E-state index < -0.39 is 60.9 Å². The Morgan fingerprint density at radius 2 is 1.59 bits per heavy atom. The fourth-order valence-electron chi connectivity index (χ4n) is 2.19. The fraction of sp³-hybridized carbons (Fsp3) is 0.688. The second kappa shape index (κ2) is 14.3. The largest absolute Gasteiger partial charge is 0.480 e. The molecule has 0 bridgehead atoms. The smallest absolute Gasteiger partial charge is 0.326 e. The number of hydrogen-bond donors (Lipinski definition) is 8. The summed E-state index contributed by atoms with van der Waals surface area (Å²) in [5.41, 5.74) is 15.8. The van der Waals surface area contributed by atoms with Crippen LogP contribution in [-0.2, 0) is 24.0 Å². The highest BCUT2D eigenvalue weighted by Crippen LogP contribution is 2.01. The third-order valence-corrected chi connectivity index (χ3v) is 3.86. The normalized spacial score (nSPS) is 13.6. The Kier molecular flexibility index (Phi) is 12.9. The number of carbonyl (C=O) groups is 5. The van der Waals surface area contributed by atoms with Gasteiger partial charge in [0, 0.05) is 6.42 Å². The summed E-state index contributed by atoms with van der Waals surface area (Å²) in [5, 5.41) is 25.1. The first-order chi connectivity index (χ1) is 13.6. The quantitative estimate of drug-likeness (QED) is 0.120. The molecule has 13 heteroatoms. The average molecular weight is 418 g/mol. The number of nitrogens with one attached hydrogen (secondary N) is 3. The van der Waals surface area contributed by atoms with E-state index >= 15 is 0 Å². The lowest BCUT2D eigenvalue weighted by molar-refractivity contribution is -0.142. The number of nitrogens with two attached hydrogens (primary N) is 3. The van der Waals surface area contributed by atoms with Gasteiger partial charge in [0.25, 0.3) is 0 Å². The standard InChI is InChI=1S/C16H30N6O7/c17-6-2-1-3-10(16(28)29)22-15(27)11(8-23)21-13(25)7-20-14(26)9(18)4-5-12(19)24/h9-11,23H,1-8,17-18H2,(H2,19,24)(H,20,26)(H,21,25)(H,22,27)(H,28,29). The average Bonchev–Trinajstić information content (AvgIpc) is 2.67. The SMILES string of the molecule is NCCCCC(NC(=O)C(CO)NC(=O)CNC(=O)C(N)CCC(N)=O)C(=O)O. The van der Waals surface area contributed by atoms with Crippen LogP contribution in [0, 0.1) is 0 Å². The molecule has 0 aliphatic carbocycles. The van der Waals surface area contributed by atoms with Crippen LogP contribution in [0.15, 0.2) is 0 Å². The molecule has 166 valence electrons. The number of aliphatic hydroxyl groups is 1. The maximum absolute atomic E-state index is 12.1. The highest BCUT2D eigenvalue weighted by atomic mass is 16.4. The molecule has 0 aromatic carbocycles. The topological polar surface area (TPSA) is 240 Å². The van der Waals surface area contributed by atoms with Crippen molar-refractivity contribution in [1.82, 2.24) is 16.0 Å². The zero-order chi connectivity index (χ0) is 22.4. The van der Waals surface area contributed by atoms with Gasteiger partial charge in [-0.1, -0.05) is 0 Å². The molecule has 0 spiro atoms. The molecule has 0 aliphatic rings. The molecule has 0 aromatic rings. The Morgan fingerprint density at radius 3 is 2.10 bits per heavy atom. The predicted molar refractivity (Wildman–Crippen MR) is 101 cm³/mol. The zero-order valence-corrected chi connectivity index (χ0v) is 16.1. The first-order valence-electron chi connectivity index (χ1n) is 9.07. The molecular weight excluding hydrogens is 388 g/mol. The summed E-state index contributed by atoms with van der Waals surface area (Å²) in [6.45, 7) is -0.932. The summed E-state index contributed by atoms with van der Waals surface area (Å²) >= 11 is 0. The Balaban J connectivity index is 4.54. The molecule has 3 atom stereocenters. The van der Waals surface area contributed by atoms with E-state index in [4.69, 9.17) is 22.3 Å². The van der Waals surface area contributed by atoms with Crippen molar-refractivity contribution in [2.24, 2.45) is 17.2 Å². The molecule has 29 heavy (non-hydrogen) atoms. The zero-order valence-electron chi connectivity index (χ0n) is 16.1. The van der Waals surface area contributed by atoms with Crippen LogP contribution in [0.1, 0.15) is 32.1 Å². The van der Waals surface area contributed by atoms with E-state index in [1.54, 1.807) is 0 Å². The maximum atomic E-state index is 12.1. The van der Waals surface area contributed by atoms with Gasteiger partial charge in [0.05, 0.1) is 19.2 Å². The van der Waals surface area contributed by atoms with Crippen molar-refractivity contribution in [1.29, 1.82) is 0 Å². The Labute approximate surface area is 167 Å². The number of carboxylic acid groups (broad SMARTS) is 1. The van der Waals surface area contributed by atoms with Crippen molar-refractivity contribution < 1.29 is 34.2 Å². The lowest BCUT2D eigenvalue weighted by atomic mass is 10.1. The number of hydrogen-bond acceptors (Lipinski definition) is 8. The van der Waals surface area contributed by atoms with Crippen LogP contribution >= 0.6 is 0 Å². The number of carbonyl (C=O) groups excluding carboxylic acids is 4. The number of rotatable bonds is 15. The molecule has 0 fully saturated rings. The monoisotopic (exact) mass is 418 g/mol. The van der Waals surface area contributed by atoms with Gasteiger partial charge in [-0.3, -0.25) is 19.2 Å². The maximum Gasteiger partial charge on any atom is 0.326 e. The van der Waals surface area contributed by atoms with E-state index in [1.807, 2.05) is 0 Å². The molecule has 0 radical (unpaired) electrons. The van der Waals surface area contributed by atoms with Crippen LogP contribution in [0.4, 0.5) is 0 Å². The number of aliphatic hydroxyl groups excluding tert-OH is 1. The van der Waals surface area contributed by atoms with Gasteiger partial charge >= 0.3 is 5.97 Å².